The first-order chi connectivity index (χ1) is 21.9. The molecule has 2 saturated heterocycles. The summed E-state index contributed by atoms with van der Waals surface area (Å²) < 4.78 is 7.29. The fourth-order valence-corrected chi connectivity index (χ4v) is 5.94. The molecule has 2 aliphatic rings. The van der Waals surface area contributed by atoms with Gasteiger partial charge in [-0.25, -0.2) is 15.0 Å². The third kappa shape index (κ3) is 6.25. The molecule has 4 atom stereocenters. The van der Waals surface area contributed by atoms with E-state index in [0.717, 1.165) is 11.1 Å². The highest BCUT2D eigenvalue weighted by Crippen LogP contribution is 2.33. The van der Waals surface area contributed by atoms with Crippen molar-refractivity contribution in [2.75, 3.05) is 31.5 Å². The van der Waals surface area contributed by atoms with Crippen LogP contribution in [0, 0.1) is 0 Å². The number of piperidine rings is 1. The van der Waals surface area contributed by atoms with Crippen molar-refractivity contribution in [3.05, 3.63) is 83.9 Å². The van der Waals surface area contributed by atoms with Crippen LogP contribution >= 0.6 is 0 Å². The molecule has 0 aliphatic carbocycles. The van der Waals surface area contributed by atoms with Crippen molar-refractivity contribution in [2.24, 2.45) is 5.73 Å². The maximum atomic E-state index is 13.7. The van der Waals surface area contributed by atoms with Gasteiger partial charge < -0.3 is 36.2 Å². The Kier molecular flexibility index (Phi) is 9.03. The molecule has 2 aliphatic heterocycles. The Morgan fingerprint density at radius 2 is 1.64 bits per heavy atom. The second-order valence-electron chi connectivity index (χ2n) is 11.4. The highest BCUT2D eigenvalue weighted by atomic mass is 16.6. The van der Waals surface area contributed by atoms with Crippen molar-refractivity contribution in [1.29, 1.82) is 0 Å². The maximum absolute atomic E-state index is 13.7. The topological polar surface area (TPSA) is 181 Å². The van der Waals surface area contributed by atoms with E-state index in [2.05, 4.69) is 49.9 Å². The molecule has 13 nitrogen and oxygen atoms in total. The molecule has 13 heteroatoms. The van der Waals surface area contributed by atoms with Gasteiger partial charge in [-0.3, -0.25) is 14.2 Å². The summed E-state index contributed by atoms with van der Waals surface area (Å²) in [6.45, 7) is 3.48. The van der Waals surface area contributed by atoms with Gasteiger partial charge in [0.2, 0.25) is 5.82 Å². The number of hydrogen-bond donors (Lipinski definition) is 5. The number of aromatic nitrogens is 4. The van der Waals surface area contributed by atoms with Crippen molar-refractivity contribution in [1.82, 2.24) is 29.7 Å². The first kappa shape index (κ1) is 30.6. The minimum absolute atomic E-state index is 0.0364. The Morgan fingerprint density at radius 1 is 1.00 bits per heavy atom. The molecule has 4 heterocycles. The van der Waals surface area contributed by atoms with Gasteiger partial charge in [0, 0.05) is 38.1 Å². The van der Waals surface area contributed by atoms with Crippen LogP contribution in [-0.2, 0) is 9.53 Å². The fourth-order valence-electron chi connectivity index (χ4n) is 5.94. The monoisotopic (exact) mass is 614 g/mol. The van der Waals surface area contributed by atoms with E-state index in [-0.39, 0.29) is 29.3 Å². The lowest BCUT2D eigenvalue weighted by Gasteiger charge is -2.29. The highest BCUT2D eigenvalue weighted by molar-refractivity contribution is 5.94. The number of likely N-dealkylation sites (N-methyl/N-ethyl adjacent to an activating group) is 1. The predicted octanol–water partition coefficient (Wildman–Crippen LogP) is 1.39. The molecule has 2 amide bonds. The number of benzene rings is 2. The zero-order valence-electron chi connectivity index (χ0n) is 25.0. The Morgan fingerprint density at radius 3 is 2.27 bits per heavy atom. The number of anilines is 1. The van der Waals surface area contributed by atoms with E-state index < -0.39 is 30.4 Å². The van der Waals surface area contributed by atoms with Crippen molar-refractivity contribution >= 4 is 28.8 Å². The van der Waals surface area contributed by atoms with E-state index in [1.165, 1.54) is 10.9 Å². The summed E-state index contributed by atoms with van der Waals surface area (Å²) in [5, 5.41) is 27.6. The molecular formula is C32H38N8O5. The lowest BCUT2D eigenvalue weighted by Crippen LogP contribution is -2.43. The van der Waals surface area contributed by atoms with Crippen LogP contribution in [-0.4, -0.2) is 97.0 Å². The number of carbonyl (C=O) groups excluding carboxylic acids is 2. The molecule has 4 aromatic rings. The summed E-state index contributed by atoms with van der Waals surface area (Å²) in [4.78, 5) is 41.7. The molecule has 0 saturated carbocycles. The second-order valence-corrected chi connectivity index (χ2v) is 11.4. The Labute approximate surface area is 260 Å². The van der Waals surface area contributed by atoms with Gasteiger partial charge in [0.25, 0.3) is 11.8 Å². The number of rotatable bonds is 9. The average Bonchev–Trinajstić information content (AvgIpc) is 3.62. The summed E-state index contributed by atoms with van der Waals surface area (Å²) in [6, 6.07) is 20.2. The number of nitrogens with zero attached hydrogens (tertiary/aromatic N) is 5. The van der Waals surface area contributed by atoms with E-state index in [9.17, 15) is 19.8 Å². The SMILES string of the molecule is CCNC(=O)[C@@H]1O[C@H](n2cnc3c(NCC(c4ccccc4)c4ccccc4)nc(C(=O)N4CCC(N)CC4)nc32)[C@@H](O)[C@H]1O. The molecule has 2 aromatic heterocycles. The van der Waals surface area contributed by atoms with Gasteiger partial charge in [0.05, 0.1) is 6.33 Å². The quantitative estimate of drug-likeness (QED) is 0.185. The number of nitrogens with one attached hydrogen (secondary N) is 2. The van der Waals surface area contributed by atoms with Crippen LogP contribution in [0.3, 0.4) is 0 Å². The normalized spacial score (nSPS) is 22.2. The van der Waals surface area contributed by atoms with Crippen LogP contribution in [0.2, 0.25) is 0 Å². The highest BCUT2D eigenvalue weighted by Gasteiger charge is 2.47. The Balaban J connectivity index is 1.38. The number of aliphatic hydroxyl groups is 2. The fraction of sp³-hybridized carbons (Fsp3) is 0.406. The molecule has 6 rings (SSSR count). The van der Waals surface area contributed by atoms with E-state index in [1.807, 2.05) is 36.4 Å². The van der Waals surface area contributed by atoms with Gasteiger partial charge in [0.1, 0.15) is 12.2 Å². The number of fused-ring (bicyclic) bond motifs is 1. The van der Waals surface area contributed by atoms with E-state index in [1.54, 1.807) is 11.8 Å². The first-order valence-electron chi connectivity index (χ1n) is 15.3. The summed E-state index contributed by atoms with van der Waals surface area (Å²) in [6.07, 6.45) is -2.65. The summed E-state index contributed by atoms with van der Waals surface area (Å²) in [5.74, 6) is -0.655. The van der Waals surface area contributed by atoms with Gasteiger partial charge in [0.15, 0.2) is 29.3 Å². The standard InChI is InChI=1S/C32H38N8O5/c1-2-34-30(43)26-24(41)25(42)32(45-26)40-18-36-23-27(37-28(38-29(23)40)31(44)39-15-13-21(33)14-16-39)35-17-22(19-9-5-3-6-10-19)20-11-7-4-8-12-20/h3-12,18,21-22,24-26,32,41-42H,2,13-17,33H2,1H3,(H,34,43)(H,35,37,38)/t24-,25+,26-,32+/m1/s1. The minimum atomic E-state index is -1.48. The molecule has 0 bridgehead atoms. The number of hydrogen-bond acceptors (Lipinski definition) is 10. The third-order valence-electron chi connectivity index (χ3n) is 8.44. The number of ether oxygens (including phenoxy) is 1. The van der Waals surface area contributed by atoms with Crippen molar-refractivity contribution in [3.63, 3.8) is 0 Å². The molecule has 236 valence electrons. The van der Waals surface area contributed by atoms with Gasteiger partial charge >= 0.3 is 0 Å². The second kappa shape index (κ2) is 13.3. The van der Waals surface area contributed by atoms with E-state index in [0.29, 0.717) is 50.4 Å². The molecule has 2 aromatic carbocycles. The van der Waals surface area contributed by atoms with Crippen molar-refractivity contribution in [2.45, 2.75) is 56.3 Å². The van der Waals surface area contributed by atoms with Crippen LogP contribution in [0.25, 0.3) is 11.2 Å². The van der Waals surface area contributed by atoms with Gasteiger partial charge in [-0.15, -0.1) is 0 Å². The molecular weight excluding hydrogens is 576 g/mol. The van der Waals surface area contributed by atoms with Crippen LogP contribution in [0.4, 0.5) is 5.82 Å². The number of aliphatic hydroxyl groups excluding tert-OH is 2. The zero-order valence-corrected chi connectivity index (χ0v) is 25.0. The largest absolute Gasteiger partial charge is 0.387 e. The number of amides is 2. The Hall–Kier alpha value is -4.43. The third-order valence-corrected chi connectivity index (χ3v) is 8.44. The number of likely N-dealkylation sites (tertiary alicyclic amines) is 1. The number of imidazole rings is 1. The van der Waals surface area contributed by atoms with Gasteiger partial charge in [-0.2, -0.15) is 0 Å². The van der Waals surface area contributed by atoms with Crippen LogP contribution in [0.5, 0.6) is 0 Å². The summed E-state index contributed by atoms with van der Waals surface area (Å²) in [7, 11) is 0. The van der Waals surface area contributed by atoms with Crippen LogP contribution in [0.15, 0.2) is 67.0 Å². The maximum Gasteiger partial charge on any atom is 0.291 e. The zero-order chi connectivity index (χ0) is 31.5. The lowest BCUT2D eigenvalue weighted by atomic mass is 9.91. The molecule has 0 unspecified atom stereocenters. The summed E-state index contributed by atoms with van der Waals surface area (Å²) in [5.41, 5.74) is 8.83. The van der Waals surface area contributed by atoms with Crippen molar-refractivity contribution in [3.8, 4) is 0 Å². The van der Waals surface area contributed by atoms with Crippen LogP contribution in [0.1, 0.15) is 53.7 Å². The minimum Gasteiger partial charge on any atom is -0.387 e. The first-order valence-corrected chi connectivity index (χ1v) is 15.3. The van der Waals surface area contributed by atoms with Gasteiger partial charge in [-0.1, -0.05) is 60.7 Å². The number of carbonyl (C=O) groups is 2. The Bertz CT molecular complexity index is 1590. The predicted molar refractivity (Wildman–Crippen MR) is 166 cm³/mol. The average molecular weight is 615 g/mol. The molecule has 45 heavy (non-hydrogen) atoms. The lowest BCUT2D eigenvalue weighted by molar-refractivity contribution is -0.137. The smallest absolute Gasteiger partial charge is 0.291 e. The van der Waals surface area contributed by atoms with Crippen LogP contribution < -0.4 is 16.4 Å². The van der Waals surface area contributed by atoms with Gasteiger partial charge in [-0.05, 0) is 30.9 Å². The summed E-state index contributed by atoms with van der Waals surface area (Å²) >= 11 is 0. The van der Waals surface area contributed by atoms with E-state index >= 15 is 0 Å². The molecule has 2 fully saturated rings. The van der Waals surface area contributed by atoms with Crippen molar-refractivity contribution < 1.29 is 24.5 Å². The molecule has 6 N–H and O–H groups in total. The number of nitrogens with two attached hydrogens (primary N) is 1. The molecule has 0 radical (unpaired) electrons. The van der Waals surface area contributed by atoms with E-state index in [4.69, 9.17) is 10.5 Å². The molecule has 0 spiro atoms.